The molecule has 0 saturated carbocycles. The molecule has 0 unspecified atom stereocenters. The second kappa shape index (κ2) is 5.38. The topological polar surface area (TPSA) is 67.9 Å². The van der Waals surface area contributed by atoms with E-state index in [-0.39, 0.29) is 0 Å². The number of hydrogen-bond donors (Lipinski definition) is 1. The average molecular weight is 267 g/mol. The van der Waals surface area contributed by atoms with E-state index in [2.05, 4.69) is 33.0 Å². The van der Waals surface area contributed by atoms with Crippen molar-refractivity contribution in [3.63, 3.8) is 0 Å². The molecule has 5 nitrogen and oxygen atoms in total. The fourth-order valence-corrected chi connectivity index (χ4v) is 2.23. The number of likely N-dealkylation sites (N-methyl/N-ethyl adjacent to an activating group) is 1. The third-order valence-electron chi connectivity index (χ3n) is 3.47. The van der Waals surface area contributed by atoms with Crippen molar-refractivity contribution in [3.8, 4) is 11.3 Å². The van der Waals surface area contributed by atoms with Gasteiger partial charge in [-0.2, -0.15) is 0 Å². The highest BCUT2D eigenvalue weighted by Crippen LogP contribution is 2.22. The number of nitrogens with zero attached hydrogens (tertiary/aromatic N) is 4. The van der Waals surface area contributed by atoms with Gasteiger partial charge in [-0.25, -0.2) is 4.98 Å². The number of nitrogen functional groups attached to an aromatic ring is 1. The van der Waals surface area contributed by atoms with E-state index in [1.807, 2.05) is 18.3 Å². The number of rotatable bonds is 2. The predicted molar refractivity (Wildman–Crippen MR) is 79.8 cm³/mol. The van der Waals surface area contributed by atoms with Crippen LogP contribution in [0, 0.1) is 0 Å². The van der Waals surface area contributed by atoms with E-state index in [1.165, 1.54) is 5.57 Å². The standard InChI is InChI=1S/C15H17N5/c1-20-6-4-11(5-7-20)13-3-2-12(8-17-13)14-9-19-15(16)10-18-14/h2-4,8-10H,5-7H2,1H3,(H2,16,19). The lowest BCUT2D eigenvalue weighted by atomic mass is 10.0. The number of nitrogens with two attached hydrogens (primary N) is 1. The molecule has 0 radical (unpaired) electrons. The van der Waals surface area contributed by atoms with Gasteiger partial charge in [0.05, 0.1) is 23.8 Å². The molecule has 1 aliphatic rings. The van der Waals surface area contributed by atoms with Gasteiger partial charge in [0.2, 0.25) is 0 Å². The summed E-state index contributed by atoms with van der Waals surface area (Å²) in [6.07, 6.45) is 8.36. The summed E-state index contributed by atoms with van der Waals surface area (Å²) in [6.45, 7) is 2.07. The van der Waals surface area contributed by atoms with Crippen molar-refractivity contribution >= 4 is 11.4 Å². The Bertz CT molecular complexity index is 616. The third-order valence-corrected chi connectivity index (χ3v) is 3.47. The Labute approximate surface area is 118 Å². The third kappa shape index (κ3) is 2.67. The van der Waals surface area contributed by atoms with Crippen LogP contribution in [0.3, 0.4) is 0 Å². The van der Waals surface area contributed by atoms with Gasteiger partial charge in [0.15, 0.2) is 0 Å². The maximum Gasteiger partial charge on any atom is 0.141 e. The molecule has 20 heavy (non-hydrogen) atoms. The molecule has 0 bridgehead atoms. The molecular weight excluding hydrogens is 250 g/mol. The van der Waals surface area contributed by atoms with Gasteiger partial charge in [-0.3, -0.25) is 9.97 Å². The van der Waals surface area contributed by atoms with Gasteiger partial charge in [0.25, 0.3) is 0 Å². The molecule has 0 spiro atoms. The molecule has 2 N–H and O–H groups in total. The van der Waals surface area contributed by atoms with Gasteiger partial charge in [0, 0.05) is 24.8 Å². The summed E-state index contributed by atoms with van der Waals surface area (Å²) in [5.74, 6) is 0.426. The van der Waals surface area contributed by atoms with Crippen LogP contribution in [0.2, 0.25) is 0 Å². The number of anilines is 1. The molecule has 102 valence electrons. The smallest absolute Gasteiger partial charge is 0.141 e. The van der Waals surface area contributed by atoms with Gasteiger partial charge in [-0.15, -0.1) is 0 Å². The first-order valence-electron chi connectivity index (χ1n) is 6.64. The molecular formula is C15H17N5. The second-order valence-electron chi connectivity index (χ2n) is 5.00. The van der Waals surface area contributed by atoms with Crippen LogP contribution in [0.15, 0.2) is 36.8 Å². The average Bonchev–Trinajstić information content (AvgIpc) is 2.49. The minimum atomic E-state index is 0.426. The van der Waals surface area contributed by atoms with Crippen molar-refractivity contribution in [2.75, 3.05) is 25.9 Å². The fraction of sp³-hybridized carbons (Fsp3) is 0.267. The van der Waals surface area contributed by atoms with E-state index in [9.17, 15) is 0 Å². The molecule has 5 heteroatoms. The van der Waals surface area contributed by atoms with Gasteiger partial charge in [-0.05, 0) is 31.2 Å². The Hall–Kier alpha value is -2.27. The Balaban J connectivity index is 1.83. The van der Waals surface area contributed by atoms with Gasteiger partial charge in [-0.1, -0.05) is 6.08 Å². The summed E-state index contributed by atoms with van der Waals surface area (Å²) >= 11 is 0. The largest absolute Gasteiger partial charge is 0.382 e. The first kappa shape index (κ1) is 12.7. The molecule has 3 heterocycles. The summed E-state index contributed by atoms with van der Waals surface area (Å²) in [7, 11) is 2.13. The summed E-state index contributed by atoms with van der Waals surface area (Å²) in [5, 5.41) is 0. The van der Waals surface area contributed by atoms with E-state index in [4.69, 9.17) is 5.73 Å². The lowest BCUT2D eigenvalue weighted by Crippen LogP contribution is -2.23. The van der Waals surface area contributed by atoms with Gasteiger partial charge in [0.1, 0.15) is 5.82 Å². The van der Waals surface area contributed by atoms with Crippen molar-refractivity contribution in [2.45, 2.75) is 6.42 Å². The summed E-state index contributed by atoms with van der Waals surface area (Å²) in [4.78, 5) is 15.1. The molecule has 0 aliphatic carbocycles. The maximum absolute atomic E-state index is 5.54. The van der Waals surface area contributed by atoms with E-state index in [0.717, 1.165) is 36.5 Å². The number of hydrogen-bond acceptors (Lipinski definition) is 5. The van der Waals surface area contributed by atoms with E-state index in [0.29, 0.717) is 5.82 Å². The van der Waals surface area contributed by atoms with Crippen molar-refractivity contribution in [3.05, 3.63) is 42.5 Å². The Morgan fingerprint density at radius 2 is 1.90 bits per heavy atom. The van der Waals surface area contributed by atoms with Crippen LogP contribution in [0.25, 0.3) is 16.8 Å². The Morgan fingerprint density at radius 3 is 2.50 bits per heavy atom. The zero-order chi connectivity index (χ0) is 13.9. The van der Waals surface area contributed by atoms with Crippen molar-refractivity contribution < 1.29 is 0 Å². The summed E-state index contributed by atoms with van der Waals surface area (Å²) in [5.41, 5.74) is 9.64. The minimum absolute atomic E-state index is 0.426. The first-order valence-corrected chi connectivity index (χ1v) is 6.64. The molecule has 2 aromatic heterocycles. The maximum atomic E-state index is 5.54. The summed E-state index contributed by atoms with van der Waals surface area (Å²) in [6, 6.07) is 4.08. The SMILES string of the molecule is CN1CC=C(c2ccc(-c3cnc(N)cn3)cn2)CC1. The van der Waals surface area contributed by atoms with Gasteiger partial charge < -0.3 is 10.6 Å². The lowest BCUT2D eigenvalue weighted by Gasteiger charge is -2.21. The zero-order valence-corrected chi connectivity index (χ0v) is 11.5. The van der Waals surface area contributed by atoms with Crippen LogP contribution in [-0.4, -0.2) is 40.0 Å². The van der Waals surface area contributed by atoms with Crippen LogP contribution in [0.5, 0.6) is 0 Å². The van der Waals surface area contributed by atoms with E-state index in [1.54, 1.807) is 12.4 Å². The van der Waals surface area contributed by atoms with Crippen molar-refractivity contribution in [1.82, 2.24) is 19.9 Å². The van der Waals surface area contributed by atoms with Crippen LogP contribution < -0.4 is 5.73 Å². The lowest BCUT2D eigenvalue weighted by molar-refractivity contribution is 0.370. The highest BCUT2D eigenvalue weighted by molar-refractivity contribution is 5.66. The van der Waals surface area contributed by atoms with E-state index >= 15 is 0 Å². The molecule has 3 rings (SSSR count). The fourth-order valence-electron chi connectivity index (χ4n) is 2.23. The molecule has 0 saturated heterocycles. The molecule has 0 aromatic carbocycles. The van der Waals surface area contributed by atoms with Crippen LogP contribution >= 0.6 is 0 Å². The normalized spacial score (nSPS) is 15.9. The highest BCUT2D eigenvalue weighted by Gasteiger charge is 2.10. The first-order chi connectivity index (χ1) is 9.72. The second-order valence-corrected chi connectivity index (χ2v) is 5.00. The number of aromatic nitrogens is 3. The number of pyridine rings is 1. The highest BCUT2D eigenvalue weighted by atomic mass is 15.1. The molecule has 0 atom stereocenters. The Morgan fingerprint density at radius 1 is 1.05 bits per heavy atom. The van der Waals surface area contributed by atoms with Crippen LogP contribution in [-0.2, 0) is 0 Å². The minimum Gasteiger partial charge on any atom is -0.382 e. The van der Waals surface area contributed by atoms with E-state index < -0.39 is 0 Å². The zero-order valence-electron chi connectivity index (χ0n) is 11.5. The van der Waals surface area contributed by atoms with Gasteiger partial charge >= 0.3 is 0 Å². The molecule has 2 aromatic rings. The summed E-state index contributed by atoms with van der Waals surface area (Å²) < 4.78 is 0. The molecule has 1 aliphatic heterocycles. The monoisotopic (exact) mass is 267 g/mol. The molecule has 0 fully saturated rings. The van der Waals surface area contributed by atoms with Crippen molar-refractivity contribution in [2.24, 2.45) is 0 Å². The Kier molecular flexibility index (Phi) is 3.43. The quantitative estimate of drug-likeness (QED) is 0.899. The van der Waals surface area contributed by atoms with Crippen molar-refractivity contribution in [1.29, 1.82) is 0 Å². The predicted octanol–water partition coefficient (Wildman–Crippen LogP) is 1.84. The molecule has 0 amide bonds. The van der Waals surface area contributed by atoms with Crippen LogP contribution in [0.1, 0.15) is 12.1 Å². The van der Waals surface area contributed by atoms with Crippen LogP contribution in [0.4, 0.5) is 5.82 Å².